The van der Waals surface area contributed by atoms with Crippen LogP contribution in [0.2, 0.25) is 0 Å². The van der Waals surface area contributed by atoms with Crippen molar-refractivity contribution < 1.29 is 35.5 Å². The van der Waals surface area contributed by atoms with Gasteiger partial charge in [0.15, 0.2) is 0 Å². The molecule has 2 fully saturated rings. The van der Waals surface area contributed by atoms with E-state index < -0.39 is 29.3 Å². The van der Waals surface area contributed by atoms with Gasteiger partial charge in [-0.3, -0.25) is 0 Å². The number of halogens is 7. The fourth-order valence-electron chi connectivity index (χ4n) is 5.38. The predicted octanol–water partition coefficient (Wildman–Crippen LogP) is 7.54. The highest BCUT2D eigenvalue weighted by Gasteiger charge is 2.34. The fraction of sp³-hybridized carbons (Fsp3) is 0.448. The summed E-state index contributed by atoms with van der Waals surface area (Å²) < 4.78 is 97.1. The van der Waals surface area contributed by atoms with Gasteiger partial charge in [-0.05, 0) is 81.0 Å². The fourth-order valence-corrected chi connectivity index (χ4v) is 5.38. The van der Waals surface area contributed by atoms with Crippen LogP contribution in [0.25, 0.3) is 0 Å². The third-order valence-corrected chi connectivity index (χ3v) is 7.63. The minimum Gasteiger partial charge on any atom is -0.474 e. The van der Waals surface area contributed by atoms with E-state index in [9.17, 15) is 30.7 Å². The number of nitrogens with zero attached hydrogens (tertiary/aromatic N) is 3. The average Bonchev–Trinajstić information content (AvgIpc) is 2.95. The lowest BCUT2D eigenvalue weighted by Gasteiger charge is -2.34. The Bertz CT molecular complexity index is 1330. The lowest BCUT2D eigenvalue weighted by molar-refractivity contribution is -0.140. The molecule has 0 amide bonds. The Morgan fingerprint density at radius 3 is 1.98 bits per heavy atom. The monoisotopic (exact) mass is 597 g/mol. The number of benzene rings is 2. The second-order valence-corrected chi connectivity index (χ2v) is 10.6. The molecule has 1 saturated heterocycles. The zero-order valence-corrected chi connectivity index (χ0v) is 22.5. The molecule has 0 spiro atoms. The molecule has 2 heterocycles. The molecule has 0 bridgehead atoms. The molecule has 226 valence electrons. The van der Waals surface area contributed by atoms with Gasteiger partial charge in [0.2, 0.25) is 5.88 Å². The molecular weight excluding hydrogens is 567 g/mol. The quantitative estimate of drug-likeness (QED) is 0.275. The summed E-state index contributed by atoms with van der Waals surface area (Å²) in [7, 11) is 0. The van der Waals surface area contributed by atoms with Crippen LogP contribution < -0.4 is 20.3 Å². The molecule has 2 aromatic carbocycles. The molecule has 1 aliphatic heterocycles. The number of hydrogen-bond donors (Lipinski definition) is 2. The maximum atomic E-state index is 13.6. The second-order valence-electron chi connectivity index (χ2n) is 10.6. The van der Waals surface area contributed by atoms with Gasteiger partial charge in [0.25, 0.3) is 0 Å². The second kappa shape index (κ2) is 12.2. The van der Waals surface area contributed by atoms with Crippen LogP contribution in [-0.4, -0.2) is 41.2 Å². The molecule has 2 aliphatic rings. The van der Waals surface area contributed by atoms with E-state index in [0.29, 0.717) is 50.3 Å². The molecule has 13 heteroatoms. The highest BCUT2D eigenvalue weighted by atomic mass is 19.4. The first-order valence-corrected chi connectivity index (χ1v) is 13.7. The van der Waals surface area contributed by atoms with Crippen molar-refractivity contribution in [2.75, 3.05) is 28.6 Å². The minimum absolute atomic E-state index is 0.0603. The normalized spacial score (nSPS) is 20.3. The molecule has 1 saturated carbocycles. The van der Waals surface area contributed by atoms with E-state index in [1.807, 2.05) is 0 Å². The number of ether oxygens (including phenoxy) is 1. The van der Waals surface area contributed by atoms with Gasteiger partial charge < -0.3 is 20.3 Å². The summed E-state index contributed by atoms with van der Waals surface area (Å²) in [5.74, 6) is -0.136. The molecular formula is C29H30F7N5O. The number of anilines is 3. The Hall–Kier alpha value is -3.77. The molecule has 0 unspecified atom stereocenters. The standard InChI is InChI=1S/C29H30F7N5O/c30-25-10-7-22(15-24(25)29(34,35)36)40-20-5-8-23(9-6-20)42-27-16-26(37-17-38-27)41-13-11-21(12-14-41)39-19-3-1-18(2-4-19)28(31,32)33/h1-4,7,10,15-17,20-21,23,39-40H,5-6,8-9,11-14H2. The van der Waals surface area contributed by atoms with Gasteiger partial charge in [0.1, 0.15) is 24.1 Å². The van der Waals surface area contributed by atoms with Crippen molar-refractivity contribution >= 4 is 17.2 Å². The smallest absolute Gasteiger partial charge is 0.419 e. The van der Waals surface area contributed by atoms with E-state index in [1.165, 1.54) is 24.5 Å². The molecule has 1 aromatic heterocycles. The third kappa shape index (κ3) is 7.54. The van der Waals surface area contributed by atoms with Gasteiger partial charge in [-0.2, -0.15) is 26.3 Å². The summed E-state index contributed by atoms with van der Waals surface area (Å²) >= 11 is 0. The molecule has 3 aromatic rings. The molecule has 0 radical (unpaired) electrons. The van der Waals surface area contributed by atoms with Crippen molar-refractivity contribution in [2.24, 2.45) is 0 Å². The summed E-state index contributed by atoms with van der Waals surface area (Å²) in [6.07, 6.45) is -3.56. The maximum Gasteiger partial charge on any atom is 0.419 e. The van der Waals surface area contributed by atoms with E-state index >= 15 is 0 Å². The van der Waals surface area contributed by atoms with E-state index in [0.717, 1.165) is 42.9 Å². The molecule has 5 rings (SSSR count). The van der Waals surface area contributed by atoms with E-state index in [-0.39, 0.29) is 23.9 Å². The molecule has 6 nitrogen and oxygen atoms in total. The summed E-state index contributed by atoms with van der Waals surface area (Å²) in [5, 5.41) is 6.38. The maximum absolute atomic E-state index is 13.6. The average molecular weight is 598 g/mol. The van der Waals surface area contributed by atoms with Crippen molar-refractivity contribution in [3.05, 3.63) is 71.8 Å². The molecule has 2 N–H and O–H groups in total. The number of rotatable bonds is 7. The Morgan fingerprint density at radius 1 is 0.714 bits per heavy atom. The molecule has 1 aliphatic carbocycles. The largest absolute Gasteiger partial charge is 0.474 e. The van der Waals surface area contributed by atoms with E-state index in [2.05, 4.69) is 25.5 Å². The minimum atomic E-state index is -4.76. The Balaban J connectivity index is 1.08. The molecule has 42 heavy (non-hydrogen) atoms. The predicted molar refractivity (Wildman–Crippen MR) is 144 cm³/mol. The highest BCUT2D eigenvalue weighted by molar-refractivity contribution is 5.48. The van der Waals surface area contributed by atoms with Crippen molar-refractivity contribution in [3.63, 3.8) is 0 Å². The van der Waals surface area contributed by atoms with Crippen LogP contribution >= 0.6 is 0 Å². The van der Waals surface area contributed by atoms with Crippen LogP contribution in [0.1, 0.15) is 49.7 Å². The van der Waals surface area contributed by atoms with Crippen LogP contribution in [-0.2, 0) is 12.4 Å². The van der Waals surface area contributed by atoms with Gasteiger partial charge in [-0.15, -0.1) is 0 Å². The number of alkyl halides is 6. The van der Waals surface area contributed by atoms with Crippen LogP contribution in [0.4, 0.5) is 47.9 Å². The summed E-state index contributed by atoms with van der Waals surface area (Å²) in [4.78, 5) is 10.7. The van der Waals surface area contributed by atoms with Crippen molar-refractivity contribution in [2.45, 2.75) is 69.1 Å². The lowest BCUT2D eigenvalue weighted by Crippen LogP contribution is -2.39. The van der Waals surface area contributed by atoms with Gasteiger partial charge in [-0.1, -0.05) is 0 Å². The number of hydrogen-bond acceptors (Lipinski definition) is 6. The Morgan fingerprint density at radius 2 is 1.33 bits per heavy atom. The summed E-state index contributed by atoms with van der Waals surface area (Å²) in [5.41, 5.74) is -1.09. The number of aromatic nitrogens is 2. The topological polar surface area (TPSA) is 62.3 Å². The van der Waals surface area contributed by atoms with Crippen molar-refractivity contribution in [1.29, 1.82) is 0 Å². The summed E-state index contributed by atoms with van der Waals surface area (Å²) in [6.45, 7) is 1.40. The van der Waals surface area contributed by atoms with Gasteiger partial charge in [0.05, 0.1) is 11.1 Å². The van der Waals surface area contributed by atoms with Gasteiger partial charge in [-0.25, -0.2) is 14.4 Å². The van der Waals surface area contributed by atoms with Crippen molar-refractivity contribution in [3.8, 4) is 5.88 Å². The van der Waals surface area contributed by atoms with Crippen LogP contribution in [0.15, 0.2) is 54.9 Å². The Kier molecular flexibility index (Phi) is 8.65. The van der Waals surface area contributed by atoms with Crippen LogP contribution in [0.3, 0.4) is 0 Å². The lowest BCUT2D eigenvalue weighted by atomic mass is 9.92. The first kappa shape index (κ1) is 29.7. The molecule has 0 atom stereocenters. The zero-order chi connectivity index (χ0) is 29.9. The van der Waals surface area contributed by atoms with Crippen LogP contribution in [0, 0.1) is 5.82 Å². The van der Waals surface area contributed by atoms with Gasteiger partial charge in [0, 0.05) is 42.6 Å². The number of piperidine rings is 1. The third-order valence-electron chi connectivity index (χ3n) is 7.63. The first-order chi connectivity index (χ1) is 19.9. The van der Waals surface area contributed by atoms with Gasteiger partial charge >= 0.3 is 12.4 Å². The van der Waals surface area contributed by atoms with E-state index in [4.69, 9.17) is 4.74 Å². The SMILES string of the molecule is Fc1ccc(NC2CCC(Oc3cc(N4CCC(Nc5ccc(C(F)(F)F)cc5)CC4)ncn3)CC2)cc1C(F)(F)F. The first-order valence-electron chi connectivity index (χ1n) is 13.7. The zero-order valence-electron chi connectivity index (χ0n) is 22.5. The number of nitrogens with one attached hydrogen (secondary N) is 2. The summed E-state index contributed by atoms with van der Waals surface area (Å²) in [6, 6.07) is 9.80. The highest BCUT2D eigenvalue weighted by Crippen LogP contribution is 2.34. The Labute approximate surface area is 238 Å². The van der Waals surface area contributed by atoms with Crippen molar-refractivity contribution in [1.82, 2.24) is 9.97 Å². The van der Waals surface area contributed by atoms with Crippen LogP contribution in [0.5, 0.6) is 5.88 Å². The van der Waals surface area contributed by atoms with E-state index in [1.54, 1.807) is 6.07 Å².